The molecular weight excluding hydrogens is 244 g/mol. The minimum absolute atomic E-state index is 0.0990. The number of hydrogen-bond acceptors (Lipinski definition) is 6. The molecule has 0 aliphatic heterocycles. The zero-order valence-corrected chi connectivity index (χ0v) is 10.8. The van der Waals surface area contributed by atoms with Crippen LogP contribution in [0.2, 0.25) is 0 Å². The molecule has 0 spiro atoms. The SMILES string of the molecule is CC(C)(N)c1noc(COc2ccccc2C#N)n1. The summed E-state index contributed by atoms with van der Waals surface area (Å²) in [5.41, 5.74) is 5.65. The summed E-state index contributed by atoms with van der Waals surface area (Å²) in [6.07, 6.45) is 0. The predicted octanol–water partition coefficient (Wildman–Crippen LogP) is 1.71. The monoisotopic (exact) mass is 258 g/mol. The first-order valence-corrected chi connectivity index (χ1v) is 5.74. The number of nitriles is 1. The summed E-state index contributed by atoms with van der Waals surface area (Å²) < 4.78 is 10.5. The molecule has 2 N–H and O–H groups in total. The molecule has 1 heterocycles. The Kier molecular flexibility index (Phi) is 3.49. The van der Waals surface area contributed by atoms with E-state index in [4.69, 9.17) is 20.3 Å². The second-order valence-corrected chi connectivity index (χ2v) is 4.63. The summed E-state index contributed by atoms with van der Waals surface area (Å²) in [7, 11) is 0. The average Bonchev–Trinajstić information content (AvgIpc) is 2.85. The zero-order chi connectivity index (χ0) is 13.9. The van der Waals surface area contributed by atoms with Crippen LogP contribution in [0.25, 0.3) is 0 Å². The number of benzene rings is 1. The Balaban J connectivity index is 2.07. The van der Waals surface area contributed by atoms with Gasteiger partial charge in [0.05, 0.1) is 11.1 Å². The van der Waals surface area contributed by atoms with Gasteiger partial charge in [0.2, 0.25) is 0 Å². The maximum atomic E-state index is 8.93. The fraction of sp³-hybridized carbons (Fsp3) is 0.308. The van der Waals surface area contributed by atoms with Crippen molar-refractivity contribution in [1.29, 1.82) is 5.26 Å². The highest BCUT2D eigenvalue weighted by Crippen LogP contribution is 2.18. The van der Waals surface area contributed by atoms with Crippen LogP contribution in [-0.4, -0.2) is 10.1 Å². The van der Waals surface area contributed by atoms with E-state index in [0.717, 1.165) is 0 Å². The fourth-order valence-corrected chi connectivity index (χ4v) is 1.40. The van der Waals surface area contributed by atoms with Crippen LogP contribution < -0.4 is 10.5 Å². The van der Waals surface area contributed by atoms with Crippen LogP contribution >= 0.6 is 0 Å². The minimum Gasteiger partial charge on any atom is -0.482 e. The molecule has 19 heavy (non-hydrogen) atoms. The van der Waals surface area contributed by atoms with Crippen molar-refractivity contribution in [2.24, 2.45) is 5.73 Å². The molecular formula is C13H14N4O2. The largest absolute Gasteiger partial charge is 0.482 e. The van der Waals surface area contributed by atoms with E-state index in [-0.39, 0.29) is 6.61 Å². The molecule has 6 heteroatoms. The highest BCUT2D eigenvalue weighted by molar-refractivity contribution is 5.42. The summed E-state index contributed by atoms with van der Waals surface area (Å²) in [6, 6.07) is 9.00. The molecule has 6 nitrogen and oxygen atoms in total. The number of aromatic nitrogens is 2. The van der Waals surface area contributed by atoms with Gasteiger partial charge in [0.1, 0.15) is 11.8 Å². The predicted molar refractivity (Wildman–Crippen MR) is 67.0 cm³/mol. The first kappa shape index (κ1) is 13.1. The molecule has 0 aliphatic carbocycles. The summed E-state index contributed by atoms with van der Waals surface area (Å²) in [5, 5.41) is 12.7. The number of para-hydroxylation sites is 1. The smallest absolute Gasteiger partial charge is 0.264 e. The molecule has 1 aromatic heterocycles. The fourth-order valence-electron chi connectivity index (χ4n) is 1.40. The summed E-state index contributed by atoms with van der Waals surface area (Å²) >= 11 is 0. The lowest BCUT2D eigenvalue weighted by atomic mass is 10.1. The van der Waals surface area contributed by atoms with E-state index in [1.807, 2.05) is 6.07 Å². The molecule has 0 bridgehead atoms. The van der Waals surface area contributed by atoms with Crippen molar-refractivity contribution in [3.8, 4) is 11.8 Å². The van der Waals surface area contributed by atoms with Crippen LogP contribution in [0, 0.1) is 11.3 Å². The third-order valence-corrected chi connectivity index (χ3v) is 2.40. The van der Waals surface area contributed by atoms with Crippen molar-refractivity contribution in [3.05, 3.63) is 41.5 Å². The molecule has 2 aromatic rings. The standard InChI is InChI=1S/C13H14N4O2/c1-13(2,15)12-16-11(19-17-12)8-18-10-6-4-3-5-9(10)7-14/h3-6H,8,15H2,1-2H3. The van der Waals surface area contributed by atoms with Crippen LogP contribution in [0.15, 0.2) is 28.8 Å². The number of rotatable bonds is 4. The van der Waals surface area contributed by atoms with Crippen LogP contribution in [0.1, 0.15) is 31.1 Å². The van der Waals surface area contributed by atoms with Gasteiger partial charge >= 0.3 is 0 Å². The Hall–Kier alpha value is -2.39. The first-order chi connectivity index (χ1) is 9.00. The van der Waals surface area contributed by atoms with Gasteiger partial charge < -0.3 is 15.0 Å². The molecule has 0 amide bonds. The Bertz CT molecular complexity index is 608. The summed E-state index contributed by atoms with van der Waals surface area (Å²) in [4.78, 5) is 4.14. The number of ether oxygens (including phenoxy) is 1. The molecule has 0 atom stereocenters. The Morgan fingerprint density at radius 3 is 2.79 bits per heavy atom. The van der Waals surface area contributed by atoms with Gasteiger partial charge in [0, 0.05) is 0 Å². The topological polar surface area (TPSA) is 98.0 Å². The second-order valence-electron chi connectivity index (χ2n) is 4.63. The summed E-state index contributed by atoms with van der Waals surface area (Å²) in [5.74, 6) is 1.22. The van der Waals surface area contributed by atoms with Crippen LogP contribution in [-0.2, 0) is 12.1 Å². The van der Waals surface area contributed by atoms with Crippen LogP contribution in [0.5, 0.6) is 5.75 Å². The van der Waals surface area contributed by atoms with Gasteiger partial charge in [-0.15, -0.1) is 0 Å². The average molecular weight is 258 g/mol. The molecule has 0 unspecified atom stereocenters. The number of nitrogens with two attached hydrogens (primary N) is 1. The van der Waals surface area contributed by atoms with Gasteiger partial charge in [-0.05, 0) is 26.0 Å². The Labute approximate surface area is 110 Å². The quantitative estimate of drug-likeness (QED) is 0.896. The third kappa shape index (κ3) is 3.09. The van der Waals surface area contributed by atoms with Crippen molar-refractivity contribution in [2.75, 3.05) is 0 Å². The van der Waals surface area contributed by atoms with Gasteiger partial charge in [-0.2, -0.15) is 10.2 Å². The van der Waals surface area contributed by atoms with E-state index in [0.29, 0.717) is 23.0 Å². The Morgan fingerprint density at radius 1 is 1.42 bits per heavy atom. The van der Waals surface area contributed by atoms with E-state index in [1.54, 1.807) is 38.1 Å². The number of hydrogen-bond donors (Lipinski definition) is 1. The maximum absolute atomic E-state index is 8.93. The van der Waals surface area contributed by atoms with Crippen molar-refractivity contribution in [1.82, 2.24) is 10.1 Å². The lowest BCUT2D eigenvalue weighted by Crippen LogP contribution is -2.30. The second kappa shape index (κ2) is 5.08. The molecule has 0 saturated carbocycles. The molecule has 0 saturated heterocycles. The highest BCUT2D eigenvalue weighted by Gasteiger charge is 2.21. The first-order valence-electron chi connectivity index (χ1n) is 5.74. The van der Waals surface area contributed by atoms with Gasteiger partial charge in [0.25, 0.3) is 5.89 Å². The molecule has 0 fully saturated rings. The van der Waals surface area contributed by atoms with Gasteiger partial charge in [-0.3, -0.25) is 0 Å². The van der Waals surface area contributed by atoms with Crippen molar-refractivity contribution in [2.45, 2.75) is 26.0 Å². The van der Waals surface area contributed by atoms with Crippen molar-refractivity contribution in [3.63, 3.8) is 0 Å². The zero-order valence-electron chi connectivity index (χ0n) is 10.8. The minimum atomic E-state index is -0.660. The van der Waals surface area contributed by atoms with E-state index in [1.165, 1.54) is 0 Å². The normalized spacial score (nSPS) is 11.1. The molecule has 2 rings (SSSR count). The van der Waals surface area contributed by atoms with Gasteiger partial charge in [-0.1, -0.05) is 17.3 Å². The Morgan fingerprint density at radius 2 is 2.16 bits per heavy atom. The third-order valence-electron chi connectivity index (χ3n) is 2.40. The van der Waals surface area contributed by atoms with E-state index >= 15 is 0 Å². The lowest BCUT2D eigenvalue weighted by molar-refractivity contribution is 0.241. The van der Waals surface area contributed by atoms with E-state index < -0.39 is 5.54 Å². The van der Waals surface area contributed by atoms with E-state index in [9.17, 15) is 0 Å². The van der Waals surface area contributed by atoms with Crippen LogP contribution in [0.3, 0.4) is 0 Å². The van der Waals surface area contributed by atoms with Crippen LogP contribution in [0.4, 0.5) is 0 Å². The van der Waals surface area contributed by atoms with Gasteiger partial charge in [0.15, 0.2) is 12.4 Å². The molecule has 0 aliphatic rings. The number of nitrogens with zero attached hydrogens (tertiary/aromatic N) is 3. The van der Waals surface area contributed by atoms with E-state index in [2.05, 4.69) is 10.1 Å². The maximum Gasteiger partial charge on any atom is 0.264 e. The van der Waals surface area contributed by atoms with Gasteiger partial charge in [-0.25, -0.2) is 0 Å². The lowest BCUT2D eigenvalue weighted by Gasteiger charge is -2.11. The molecule has 98 valence electrons. The highest BCUT2D eigenvalue weighted by atomic mass is 16.5. The summed E-state index contributed by atoms with van der Waals surface area (Å²) in [6.45, 7) is 3.67. The molecule has 1 aromatic carbocycles. The van der Waals surface area contributed by atoms with Crippen molar-refractivity contribution < 1.29 is 9.26 Å². The van der Waals surface area contributed by atoms with Crippen molar-refractivity contribution >= 4 is 0 Å². The molecule has 0 radical (unpaired) electrons.